The van der Waals surface area contributed by atoms with Crippen LogP contribution in [0, 0.1) is 11.3 Å². The highest BCUT2D eigenvalue weighted by Gasteiger charge is 2.40. The van der Waals surface area contributed by atoms with Crippen molar-refractivity contribution in [3.05, 3.63) is 35.4 Å². The molecule has 0 radical (unpaired) electrons. The summed E-state index contributed by atoms with van der Waals surface area (Å²) in [4.78, 5) is 16.6. The van der Waals surface area contributed by atoms with Crippen LogP contribution in [0.4, 0.5) is 0 Å². The average Bonchev–Trinajstić information content (AvgIpc) is 2.74. The first kappa shape index (κ1) is 16.0. The number of carbonyl (C=O) groups excluding carboxylic acids is 1. The van der Waals surface area contributed by atoms with Gasteiger partial charge in [0.05, 0.1) is 11.6 Å². The maximum Gasteiger partial charge on any atom is 0.220 e. The molecule has 2 aliphatic rings. The second-order valence-corrected chi connectivity index (χ2v) is 6.77. The summed E-state index contributed by atoms with van der Waals surface area (Å²) in [6, 6.07) is 10.1. The zero-order valence-corrected chi connectivity index (χ0v) is 13.7. The highest BCUT2D eigenvalue weighted by Crippen LogP contribution is 2.31. The van der Waals surface area contributed by atoms with Crippen molar-refractivity contribution in [1.29, 1.82) is 5.26 Å². The molecule has 0 aliphatic carbocycles. The fraction of sp³-hybridized carbons (Fsp3) is 0.556. The molecule has 2 saturated heterocycles. The summed E-state index contributed by atoms with van der Waals surface area (Å²) in [7, 11) is 2.18. The summed E-state index contributed by atoms with van der Waals surface area (Å²) in [6.07, 6.45) is 2.54. The summed E-state index contributed by atoms with van der Waals surface area (Å²) in [6.45, 7) is 4.66. The number of hydrogen-bond acceptors (Lipinski definition) is 4. The van der Waals surface area contributed by atoms with Gasteiger partial charge in [-0.15, -0.1) is 0 Å². The van der Waals surface area contributed by atoms with Crippen molar-refractivity contribution in [2.45, 2.75) is 31.3 Å². The number of piperazine rings is 1. The lowest BCUT2D eigenvalue weighted by Gasteiger charge is -2.49. The van der Waals surface area contributed by atoms with E-state index in [9.17, 15) is 4.79 Å². The van der Waals surface area contributed by atoms with Crippen LogP contribution in [0.25, 0.3) is 0 Å². The lowest BCUT2D eigenvalue weighted by molar-refractivity contribution is -0.121. The summed E-state index contributed by atoms with van der Waals surface area (Å²) < 4.78 is 0. The van der Waals surface area contributed by atoms with Gasteiger partial charge in [-0.1, -0.05) is 12.1 Å². The van der Waals surface area contributed by atoms with Crippen molar-refractivity contribution in [2.24, 2.45) is 0 Å². The number of carbonyl (C=O) groups is 1. The first-order valence-electron chi connectivity index (χ1n) is 8.31. The van der Waals surface area contributed by atoms with Gasteiger partial charge in [0.15, 0.2) is 0 Å². The quantitative estimate of drug-likeness (QED) is 0.895. The minimum atomic E-state index is 0.0875. The number of rotatable bonds is 2. The molecule has 1 atom stereocenters. The Labute approximate surface area is 137 Å². The van der Waals surface area contributed by atoms with Gasteiger partial charge in [-0.05, 0) is 37.6 Å². The van der Waals surface area contributed by atoms with Crippen LogP contribution in [0.2, 0.25) is 0 Å². The maximum absolute atomic E-state index is 11.7. The Morgan fingerprint density at radius 2 is 2.22 bits per heavy atom. The number of likely N-dealkylation sites (N-methyl/N-ethyl adjacent to an activating group) is 1. The van der Waals surface area contributed by atoms with Crippen molar-refractivity contribution >= 4 is 5.91 Å². The number of benzene rings is 1. The smallest absolute Gasteiger partial charge is 0.220 e. The van der Waals surface area contributed by atoms with Crippen LogP contribution in [0.1, 0.15) is 30.4 Å². The van der Waals surface area contributed by atoms with E-state index in [1.165, 1.54) is 5.56 Å². The van der Waals surface area contributed by atoms with Crippen LogP contribution in [0.5, 0.6) is 0 Å². The highest BCUT2D eigenvalue weighted by atomic mass is 16.1. The van der Waals surface area contributed by atoms with Crippen LogP contribution >= 0.6 is 0 Å². The third-order valence-corrected chi connectivity index (χ3v) is 5.27. The molecule has 0 bridgehead atoms. The van der Waals surface area contributed by atoms with Gasteiger partial charge in [-0.2, -0.15) is 5.26 Å². The molecule has 2 heterocycles. The van der Waals surface area contributed by atoms with Gasteiger partial charge in [0, 0.05) is 44.7 Å². The van der Waals surface area contributed by atoms with E-state index in [1.807, 2.05) is 18.2 Å². The summed E-state index contributed by atoms with van der Waals surface area (Å²) >= 11 is 0. The summed E-state index contributed by atoms with van der Waals surface area (Å²) in [5.74, 6) is 0.175. The molecule has 23 heavy (non-hydrogen) atoms. The van der Waals surface area contributed by atoms with Crippen molar-refractivity contribution in [1.82, 2.24) is 15.1 Å². The van der Waals surface area contributed by atoms with E-state index in [2.05, 4.69) is 34.3 Å². The minimum absolute atomic E-state index is 0.0875. The van der Waals surface area contributed by atoms with E-state index >= 15 is 0 Å². The molecule has 0 saturated carbocycles. The van der Waals surface area contributed by atoms with Gasteiger partial charge in [-0.25, -0.2) is 0 Å². The zero-order valence-electron chi connectivity index (χ0n) is 13.7. The molecular formula is C18H24N4O. The highest BCUT2D eigenvalue weighted by molar-refractivity contribution is 5.76. The van der Waals surface area contributed by atoms with Crippen molar-refractivity contribution < 1.29 is 4.79 Å². The van der Waals surface area contributed by atoms with Crippen molar-refractivity contribution in [2.75, 3.05) is 33.2 Å². The average molecular weight is 312 g/mol. The first-order valence-corrected chi connectivity index (χ1v) is 8.31. The van der Waals surface area contributed by atoms with Gasteiger partial charge in [-0.3, -0.25) is 14.6 Å². The van der Waals surface area contributed by atoms with Crippen LogP contribution in [0.15, 0.2) is 24.3 Å². The molecule has 3 rings (SSSR count). The molecule has 5 nitrogen and oxygen atoms in total. The molecule has 1 aromatic carbocycles. The predicted octanol–water partition coefficient (Wildman–Crippen LogP) is 1.34. The monoisotopic (exact) mass is 312 g/mol. The van der Waals surface area contributed by atoms with Crippen LogP contribution in [-0.2, 0) is 11.3 Å². The van der Waals surface area contributed by atoms with E-state index in [0.29, 0.717) is 6.42 Å². The normalized spacial score (nSPS) is 26.5. The topological polar surface area (TPSA) is 59.4 Å². The van der Waals surface area contributed by atoms with Gasteiger partial charge in [0.1, 0.15) is 0 Å². The second kappa shape index (κ2) is 6.69. The van der Waals surface area contributed by atoms with E-state index in [-0.39, 0.29) is 11.4 Å². The van der Waals surface area contributed by atoms with Crippen molar-refractivity contribution in [3.63, 3.8) is 0 Å². The Morgan fingerprint density at radius 1 is 1.35 bits per heavy atom. The van der Waals surface area contributed by atoms with Crippen molar-refractivity contribution in [3.8, 4) is 6.07 Å². The number of nitrogens with zero attached hydrogens (tertiary/aromatic N) is 3. The van der Waals surface area contributed by atoms with Crippen LogP contribution < -0.4 is 5.32 Å². The van der Waals surface area contributed by atoms with E-state index in [4.69, 9.17) is 5.26 Å². The lowest BCUT2D eigenvalue weighted by atomic mass is 9.86. The molecule has 1 spiro atoms. The third-order valence-electron chi connectivity index (χ3n) is 5.27. The number of nitrogens with one attached hydrogen (secondary N) is 1. The van der Waals surface area contributed by atoms with E-state index in [0.717, 1.165) is 51.1 Å². The van der Waals surface area contributed by atoms with Gasteiger partial charge in [0.2, 0.25) is 5.91 Å². The number of nitriles is 1. The van der Waals surface area contributed by atoms with Crippen LogP contribution in [-0.4, -0.2) is 54.5 Å². The summed E-state index contributed by atoms with van der Waals surface area (Å²) in [5.41, 5.74) is 1.99. The molecule has 5 heteroatoms. The summed E-state index contributed by atoms with van der Waals surface area (Å²) in [5, 5.41) is 12.0. The Balaban J connectivity index is 1.72. The molecular weight excluding hydrogens is 288 g/mol. The maximum atomic E-state index is 11.7. The largest absolute Gasteiger partial charge is 0.356 e. The number of hydrogen-bond donors (Lipinski definition) is 1. The fourth-order valence-electron chi connectivity index (χ4n) is 3.81. The Hall–Kier alpha value is -1.90. The lowest BCUT2D eigenvalue weighted by Crippen LogP contribution is -2.60. The Bertz CT molecular complexity index is 624. The predicted molar refractivity (Wildman–Crippen MR) is 88.7 cm³/mol. The van der Waals surface area contributed by atoms with E-state index in [1.54, 1.807) is 0 Å². The zero-order chi connectivity index (χ0) is 16.3. The van der Waals surface area contributed by atoms with Gasteiger partial charge >= 0.3 is 0 Å². The van der Waals surface area contributed by atoms with Crippen LogP contribution in [0.3, 0.4) is 0 Å². The SMILES string of the molecule is CN1CCN(Cc2cccc(C#N)c2)CC12CCNC(=O)CC2. The molecule has 1 aromatic rings. The third kappa shape index (κ3) is 3.54. The molecule has 1 N–H and O–H groups in total. The minimum Gasteiger partial charge on any atom is -0.356 e. The molecule has 122 valence electrons. The fourth-order valence-corrected chi connectivity index (χ4v) is 3.81. The molecule has 1 unspecified atom stereocenters. The molecule has 1 amide bonds. The molecule has 2 fully saturated rings. The first-order chi connectivity index (χ1) is 11.1. The van der Waals surface area contributed by atoms with Gasteiger partial charge < -0.3 is 5.32 Å². The Kier molecular flexibility index (Phi) is 4.65. The second-order valence-electron chi connectivity index (χ2n) is 6.77. The van der Waals surface area contributed by atoms with E-state index < -0.39 is 0 Å². The molecule has 2 aliphatic heterocycles. The Morgan fingerprint density at radius 3 is 3.04 bits per heavy atom. The van der Waals surface area contributed by atoms with Gasteiger partial charge in [0.25, 0.3) is 0 Å². The standard InChI is InChI=1S/C18H24N4O/c1-21-9-10-22(13-16-4-2-3-15(11-16)12-19)14-18(21)6-5-17(23)20-8-7-18/h2-4,11H,5-10,13-14H2,1H3,(H,20,23). The number of amides is 1. The molecule has 0 aromatic heterocycles.